The number of hydrogen-bond acceptors (Lipinski definition) is 3. The largest absolute Gasteiger partial charge is 0.337 e. The third kappa shape index (κ3) is 5.50. The molecule has 1 aliphatic heterocycles. The summed E-state index contributed by atoms with van der Waals surface area (Å²) in [6.07, 6.45) is 6.51. The Morgan fingerprint density at radius 1 is 1.39 bits per heavy atom. The van der Waals surface area contributed by atoms with Gasteiger partial charge in [-0.2, -0.15) is 0 Å². The van der Waals surface area contributed by atoms with Crippen molar-refractivity contribution in [1.82, 2.24) is 20.1 Å². The van der Waals surface area contributed by atoms with E-state index < -0.39 is 0 Å². The molecule has 5 heteroatoms. The number of urea groups is 1. The van der Waals surface area contributed by atoms with E-state index in [0.29, 0.717) is 0 Å². The lowest BCUT2D eigenvalue weighted by atomic mass is 10.1. The summed E-state index contributed by atoms with van der Waals surface area (Å²) in [6.45, 7) is 8.14. The molecule has 2 rings (SSSR count). The van der Waals surface area contributed by atoms with Crippen molar-refractivity contribution >= 4 is 6.03 Å². The molecule has 1 fully saturated rings. The van der Waals surface area contributed by atoms with Crippen molar-refractivity contribution < 1.29 is 4.79 Å². The second-order valence-electron chi connectivity index (χ2n) is 6.57. The molecule has 1 saturated heterocycles. The number of aryl methyl sites for hydroxylation is 1. The zero-order valence-corrected chi connectivity index (χ0v) is 14.7. The number of piperidine rings is 1. The van der Waals surface area contributed by atoms with Crippen LogP contribution in [0.25, 0.3) is 0 Å². The number of carbonyl (C=O) groups excluding carboxylic acids is 1. The van der Waals surface area contributed by atoms with Gasteiger partial charge >= 0.3 is 6.03 Å². The van der Waals surface area contributed by atoms with Crippen molar-refractivity contribution in [3.63, 3.8) is 0 Å². The van der Waals surface area contributed by atoms with Gasteiger partial charge in [0.05, 0.1) is 0 Å². The molecule has 1 aromatic heterocycles. The minimum atomic E-state index is 0.00286. The molecule has 0 aliphatic carbocycles. The Morgan fingerprint density at radius 2 is 2.13 bits per heavy atom. The number of likely N-dealkylation sites (tertiary alicyclic amines) is 1. The first-order valence-electron chi connectivity index (χ1n) is 8.71. The molecule has 2 amide bonds. The summed E-state index contributed by atoms with van der Waals surface area (Å²) < 4.78 is 0. The predicted molar refractivity (Wildman–Crippen MR) is 93.6 cm³/mol. The van der Waals surface area contributed by atoms with Crippen molar-refractivity contribution in [1.29, 1.82) is 0 Å². The van der Waals surface area contributed by atoms with Crippen LogP contribution in [0.5, 0.6) is 0 Å². The smallest absolute Gasteiger partial charge is 0.317 e. The van der Waals surface area contributed by atoms with Crippen LogP contribution in [0.2, 0.25) is 0 Å². The van der Waals surface area contributed by atoms with E-state index in [9.17, 15) is 4.79 Å². The normalized spacial score (nSPS) is 16.8. The Morgan fingerprint density at radius 3 is 2.83 bits per heavy atom. The lowest BCUT2D eigenvalue weighted by Crippen LogP contribution is -2.46. The second-order valence-corrected chi connectivity index (χ2v) is 6.57. The summed E-state index contributed by atoms with van der Waals surface area (Å²) in [4.78, 5) is 20.9. The molecular formula is C18H30N4O. The highest BCUT2D eigenvalue weighted by atomic mass is 16.2. The number of hydrogen-bond donors (Lipinski definition) is 1. The molecule has 0 aromatic carbocycles. The van der Waals surface area contributed by atoms with E-state index in [0.717, 1.165) is 25.2 Å². The van der Waals surface area contributed by atoms with Crippen molar-refractivity contribution in [2.24, 2.45) is 0 Å². The highest BCUT2D eigenvalue weighted by molar-refractivity contribution is 5.74. The molecule has 0 bridgehead atoms. The third-order valence-electron chi connectivity index (χ3n) is 4.74. The molecule has 2 heterocycles. The summed E-state index contributed by atoms with van der Waals surface area (Å²) >= 11 is 0. The number of carbonyl (C=O) groups is 1. The van der Waals surface area contributed by atoms with Gasteiger partial charge in [-0.1, -0.05) is 12.5 Å². The van der Waals surface area contributed by atoms with Crippen LogP contribution in [0.15, 0.2) is 18.3 Å². The van der Waals surface area contributed by atoms with E-state index in [-0.39, 0.29) is 12.1 Å². The zero-order valence-electron chi connectivity index (χ0n) is 14.7. The van der Waals surface area contributed by atoms with Crippen LogP contribution < -0.4 is 5.32 Å². The fourth-order valence-corrected chi connectivity index (χ4v) is 2.98. The molecule has 1 atom stereocenters. The first-order valence-corrected chi connectivity index (χ1v) is 8.71. The Hall–Kier alpha value is -1.62. The Labute approximate surface area is 140 Å². The Kier molecular flexibility index (Phi) is 6.84. The average Bonchev–Trinajstić information content (AvgIpc) is 2.57. The summed E-state index contributed by atoms with van der Waals surface area (Å²) in [5.74, 6) is 0. The van der Waals surface area contributed by atoms with Crippen LogP contribution in [-0.4, -0.2) is 60.1 Å². The summed E-state index contributed by atoms with van der Waals surface area (Å²) in [7, 11) is 1.86. The van der Waals surface area contributed by atoms with Gasteiger partial charge in [0.1, 0.15) is 0 Å². The molecule has 1 aliphatic rings. The lowest BCUT2D eigenvalue weighted by Gasteiger charge is -2.28. The maximum Gasteiger partial charge on any atom is 0.317 e. The van der Waals surface area contributed by atoms with Crippen molar-refractivity contribution in [3.8, 4) is 0 Å². The molecule has 0 radical (unpaired) electrons. The molecule has 1 N–H and O–H groups in total. The van der Waals surface area contributed by atoms with E-state index in [1.165, 1.54) is 37.9 Å². The van der Waals surface area contributed by atoms with Crippen LogP contribution >= 0.6 is 0 Å². The van der Waals surface area contributed by atoms with Gasteiger partial charge in [-0.05, 0) is 51.4 Å². The molecule has 23 heavy (non-hydrogen) atoms. The summed E-state index contributed by atoms with van der Waals surface area (Å²) in [5.41, 5.74) is 2.24. The van der Waals surface area contributed by atoms with Crippen molar-refractivity contribution in [2.75, 3.05) is 33.2 Å². The van der Waals surface area contributed by atoms with Crippen molar-refractivity contribution in [2.45, 2.75) is 45.6 Å². The minimum Gasteiger partial charge on any atom is -0.337 e. The molecule has 0 unspecified atom stereocenters. The number of nitrogens with zero attached hydrogens (tertiary/aromatic N) is 3. The van der Waals surface area contributed by atoms with E-state index in [2.05, 4.69) is 35.1 Å². The monoisotopic (exact) mass is 318 g/mol. The second kappa shape index (κ2) is 8.87. The standard InChI is InChI=1S/C18H30N4O/c1-15-8-7-9-19-17(15)14-16(2)21(3)18(23)20-10-13-22-11-5-4-6-12-22/h7-9,16H,4-6,10-14H2,1-3H3,(H,20,23)/t16-/m1/s1. The van der Waals surface area contributed by atoms with Gasteiger partial charge in [-0.25, -0.2) is 4.79 Å². The lowest BCUT2D eigenvalue weighted by molar-refractivity contribution is 0.187. The van der Waals surface area contributed by atoms with Gasteiger partial charge in [-0.15, -0.1) is 0 Å². The Bertz CT molecular complexity index is 500. The SMILES string of the molecule is Cc1cccnc1C[C@@H](C)N(C)C(=O)NCCN1CCCCC1. The van der Waals surface area contributed by atoms with Gasteiger partial charge < -0.3 is 15.1 Å². The molecule has 1 aromatic rings. The van der Waals surface area contributed by atoms with Gasteiger partial charge in [0.15, 0.2) is 0 Å². The molecular weight excluding hydrogens is 288 g/mol. The number of likely N-dealkylation sites (N-methyl/N-ethyl adjacent to an activating group) is 1. The van der Waals surface area contributed by atoms with Crippen LogP contribution in [0, 0.1) is 6.92 Å². The first-order chi connectivity index (χ1) is 11.1. The van der Waals surface area contributed by atoms with E-state index >= 15 is 0 Å². The quantitative estimate of drug-likeness (QED) is 0.876. The molecule has 0 spiro atoms. The maximum absolute atomic E-state index is 12.3. The van der Waals surface area contributed by atoms with Crippen LogP contribution in [-0.2, 0) is 6.42 Å². The fraction of sp³-hybridized carbons (Fsp3) is 0.667. The third-order valence-corrected chi connectivity index (χ3v) is 4.74. The number of pyridine rings is 1. The van der Waals surface area contributed by atoms with E-state index in [1.807, 2.05) is 19.3 Å². The van der Waals surface area contributed by atoms with Gasteiger partial charge in [0.2, 0.25) is 0 Å². The molecule has 128 valence electrons. The summed E-state index contributed by atoms with van der Waals surface area (Å²) in [5, 5.41) is 3.04. The zero-order chi connectivity index (χ0) is 16.7. The number of aromatic nitrogens is 1. The van der Waals surface area contributed by atoms with Gasteiger partial charge in [0.25, 0.3) is 0 Å². The number of amides is 2. The van der Waals surface area contributed by atoms with E-state index in [4.69, 9.17) is 0 Å². The number of nitrogens with one attached hydrogen (secondary N) is 1. The van der Waals surface area contributed by atoms with Gasteiger partial charge in [0, 0.05) is 44.5 Å². The highest BCUT2D eigenvalue weighted by Gasteiger charge is 2.17. The average molecular weight is 318 g/mol. The topological polar surface area (TPSA) is 48.5 Å². The molecule has 5 nitrogen and oxygen atoms in total. The minimum absolute atomic E-state index is 0.00286. The molecule has 0 saturated carbocycles. The summed E-state index contributed by atoms with van der Waals surface area (Å²) in [6, 6.07) is 4.13. The first kappa shape index (κ1) is 17.7. The fourth-order valence-electron chi connectivity index (χ4n) is 2.98. The number of rotatable bonds is 6. The predicted octanol–water partition coefficient (Wildman–Crippen LogP) is 2.45. The highest BCUT2D eigenvalue weighted by Crippen LogP contribution is 2.10. The maximum atomic E-state index is 12.3. The van der Waals surface area contributed by atoms with E-state index in [1.54, 1.807) is 4.90 Å². The van der Waals surface area contributed by atoms with Gasteiger partial charge in [-0.3, -0.25) is 4.98 Å². The van der Waals surface area contributed by atoms with Crippen molar-refractivity contribution in [3.05, 3.63) is 29.6 Å². The van der Waals surface area contributed by atoms with Crippen LogP contribution in [0.1, 0.15) is 37.4 Å². The van der Waals surface area contributed by atoms with Crippen LogP contribution in [0.3, 0.4) is 0 Å². The Balaban J connectivity index is 1.73. The van der Waals surface area contributed by atoms with Crippen LogP contribution in [0.4, 0.5) is 4.79 Å².